The standard InChI is InChI=1S/C11H23N3O/c1-2-6-13-11(15)14-7-4-3-5-10(8-12)9-14/h10H,2-9,12H2,1H3,(H,13,15). The van der Waals surface area contributed by atoms with E-state index >= 15 is 0 Å². The lowest BCUT2D eigenvalue weighted by atomic mass is 10.0. The molecule has 88 valence electrons. The maximum atomic E-state index is 11.7. The van der Waals surface area contributed by atoms with Gasteiger partial charge in [-0.25, -0.2) is 4.79 Å². The Kier molecular flexibility index (Phi) is 5.47. The Hall–Kier alpha value is -0.770. The molecule has 0 bridgehead atoms. The van der Waals surface area contributed by atoms with Crippen LogP contribution in [0.25, 0.3) is 0 Å². The predicted molar refractivity (Wildman–Crippen MR) is 61.7 cm³/mol. The molecule has 1 saturated heterocycles. The molecule has 4 heteroatoms. The van der Waals surface area contributed by atoms with Crippen molar-refractivity contribution >= 4 is 6.03 Å². The second-order valence-corrected chi connectivity index (χ2v) is 4.28. The molecule has 0 aromatic heterocycles. The first kappa shape index (κ1) is 12.3. The maximum absolute atomic E-state index is 11.7. The molecular formula is C11H23N3O. The molecule has 0 spiro atoms. The number of likely N-dealkylation sites (tertiary alicyclic amines) is 1. The van der Waals surface area contributed by atoms with Crippen LogP contribution in [0.15, 0.2) is 0 Å². The summed E-state index contributed by atoms with van der Waals surface area (Å²) in [6.07, 6.45) is 4.45. The van der Waals surface area contributed by atoms with Gasteiger partial charge >= 0.3 is 6.03 Å². The van der Waals surface area contributed by atoms with Crippen molar-refractivity contribution in [1.29, 1.82) is 0 Å². The second-order valence-electron chi connectivity index (χ2n) is 4.28. The van der Waals surface area contributed by atoms with Crippen molar-refractivity contribution in [2.45, 2.75) is 32.6 Å². The Bertz CT molecular complexity index is 196. The van der Waals surface area contributed by atoms with Crippen LogP contribution in [-0.2, 0) is 0 Å². The summed E-state index contributed by atoms with van der Waals surface area (Å²) in [5.41, 5.74) is 5.68. The third-order valence-corrected chi connectivity index (χ3v) is 2.92. The number of hydrogen-bond donors (Lipinski definition) is 2. The molecule has 0 aromatic rings. The fourth-order valence-electron chi connectivity index (χ4n) is 1.95. The van der Waals surface area contributed by atoms with Crippen molar-refractivity contribution < 1.29 is 4.79 Å². The molecule has 1 fully saturated rings. The number of nitrogens with one attached hydrogen (secondary N) is 1. The van der Waals surface area contributed by atoms with Gasteiger partial charge in [-0.15, -0.1) is 0 Å². The van der Waals surface area contributed by atoms with Gasteiger partial charge in [-0.1, -0.05) is 13.3 Å². The van der Waals surface area contributed by atoms with Gasteiger partial charge in [-0.05, 0) is 31.7 Å². The molecule has 0 radical (unpaired) electrons. The maximum Gasteiger partial charge on any atom is 0.317 e. The van der Waals surface area contributed by atoms with Crippen LogP contribution in [0.1, 0.15) is 32.6 Å². The highest BCUT2D eigenvalue weighted by atomic mass is 16.2. The van der Waals surface area contributed by atoms with Crippen LogP contribution in [0.3, 0.4) is 0 Å². The van der Waals surface area contributed by atoms with E-state index in [1.807, 2.05) is 4.90 Å². The molecule has 4 nitrogen and oxygen atoms in total. The van der Waals surface area contributed by atoms with Crippen molar-refractivity contribution in [3.8, 4) is 0 Å². The van der Waals surface area contributed by atoms with E-state index in [1.54, 1.807) is 0 Å². The average Bonchev–Trinajstić information content (AvgIpc) is 2.50. The number of urea groups is 1. The van der Waals surface area contributed by atoms with Crippen LogP contribution < -0.4 is 11.1 Å². The van der Waals surface area contributed by atoms with Crippen LogP contribution >= 0.6 is 0 Å². The Morgan fingerprint density at radius 2 is 2.33 bits per heavy atom. The summed E-state index contributed by atoms with van der Waals surface area (Å²) in [4.78, 5) is 13.7. The highest BCUT2D eigenvalue weighted by molar-refractivity contribution is 5.74. The first-order chi connectivity index (χ1) is 7.27. The van der Waals surface area contributed by atoms with E-state index in [-0.39, 0.29) is 6.03 Å². The smallest absolute Gasteiger partial charge is 0.317 e. The molecule has 1 rings (SSSR count). The summed E-state index contributed by atoms with van der Waals surface area (Å²) < 4.78 is 0. The molecule has 15 heavy (non-hydrogen) atoms. The van der Waals surface area contributed by atoms with E-state index in [0.29, 0.717) is 12.5 Å². The zero-order valence-corrected chi connectivity index (χ0v) is 9.67. The first-order valence-electron chi connectivity index (χ1n) is 6.00. The third-order valence-electron chi connectivity index (χ3n) is 2.92. The van der Waals surface area contributed by atoms with Gasteiger partial charge in [0.2, 0.25) is 0 Å². The van der Waals surface area contributed by atoms with Gasteiger partial charge in [-0.3, -0.25) is 0 Å². The third kappa shape index (κ3) is 4.08. The number of amides is 2. The minimum atomic E-state index is 0.0807. The molecular weight excluding hydrogens is 190 g/mol. The lowest BCUT2D eigenvalue weighted by Crippen LogP contribution is -2.43. The van der Waals surface area contributed by atoms with Gasteiger partial charge in [0.1, 0.15) is 0 Å². The normalized spacial score (nSPS) is 22.3. The molecule has 0 aromatic carbocycles. The van der Waals surface area contributed by atoms with Crippen molar-refractivity contribution in [2.75, 3.05) is 26.2 Å². The van der Waals surface area contributed by atoms with E-state index in [1.165, 1.54) is 6.42 Å². The lowest BCUT2D eigenvalue weighted by Gasteiger charge is -2.24. The summed E-state index contributed by atoms with van der Waals surface area (Å²) in [6, 6.07) is 0.0807. The summed E-state index contributed by atoms with van der Waals surface area (Å²) in [5, 5.41) is 2.92. The van der Waals surface area contributed by atoms with E-state index in [0.717, 1.165) is 38.9 Å². The summed E-state index contributed by atoms with van der Waals surface area (Å²) in [7, 11) is 0. The lowest BCUT2D eigenvalue weighted by molar-refractivity contribution is 0.193. The first-order valence-corrected chi connectivity index (χ1v) is 6.00. The molecule has 1 aliphatic rings. The Morgan fingerprint density at radius 1 is 1.53 bits per heavy atom. The number of carbonyl (C=O) groups excluding carboxylic acids is 1. The van der Waals surface area contributed by atoms with Crippen LogP contribution in [0.5, 0.6) is 0 Å². The van der Waals surface area contributed by atoms with Gasteiger partial charge in [0, 0.05) is 19.6 Å². The predicted octanol–water partition coefficient (Wildman–Crippen LogP) is 1.17. The van der Waals surface area contributed by atoms with Crippen molar-refractivity contribution in [3.63, 3.8) is 0 Å². The van der Waals surface area contributed by atoms with Gasteiger partial charge in [0.25, 0.3) is 0 Å². The minimum absolute atomic E-state index is 0.0807. The topological polar surface area (TPSA) is 58.4 Å². The van der Waals surface area contributed by atoms with Gasteiger partial charge in [-0.2, -0.15) is 0 Å². The van der Waals surface area contributed by atoms with Gasteiger partial charge in [0.15, 0.2) is 0 Å². The number of carbonyl (C=O) groups is 1. The molecule has 0 aliphatic carbocycles. The molecule has 0 saturated carbocycles. The van der Waals surface area contributed by atoms with Gasteiger partial charge in [0.05, 0.1) is 0 Å². The van der Waals surface area contributed by atoms with Crippen LogP contribution in [-0.4, -0.2) is 37.1 Å². The average molecular weight is 213 g/mol. The minimum Gasteiger partial charge on any atom is -0.338 e. The van der Waals surface area contributed by atoms with Crippen molar-refractivity contribution in [3.05, 3.63) is 0 Å². The molecule has 1 aliphatic heterocycles. The largest absolute Gasteiger partial charge is 0.338 e. The van der Waals surface area contributed by atoms with E-state index < -0.39 is 0 Å². The van der Waals surface area contributed by atoms with Crippen LogP contribution in [0.2, 0.25) is 0 Å². The van der Waals surface area contributed by atoms with Crippen molar-refractivity contribution in [2.24, 2.45) is 11.7 Å². The van der Waals surface area contributed by atoms with E-state index in [9.17, 15) is 4.79 Å². The second kappa shape index (κ2) is 6.67. The molecule has 1 atom stereocenters. The molecule has 1 heterocycles. The highest BCUT2D eigenvalue weighted by Crippen LogP contribution is 2.15. The van der Waals surface area contributed by atoms with Gasteiger partial charge < -0.3 is 16.0 Å². The summed E-state index contributed by atoms with van der Waals surface area (Å²) in [6.45, 7) is 5.23. The zero-order valence-electron chi connectivity index (χ0n) is 9.67. The van der Waals surface area contributed by atoms with E-state index in [4.69, 9.17) is 5.73 Å². The van der Waals surface area contributed by atoms with Crippen LogP contribution in [0.4, 0.5) is 4.79 Å². The molecule has 1 unspecified atom stereocenters. The fraction of sp³-hybridized carbons (Fsp3) is 0.909. The summed E-state index contributed by atoms with van der Waals surface area (Å²) in [5.74, 6) is 0.486. The molecule has 2 amide bonds. The Balaban J connectivity index is 2.40. The van der Waals surface area contributed by atoms with Crippen LogP contribution in [0, 0.1) is 5.92 Å². The highest BCUT2D eigenvalue weighted by Gasteiger charge is 2.20. The van der Waals surface area contributed by atoms with E-state index in [2.05, 4.69) is 12.2 Å². The number of nitrogens with zero attached hydrogens (tertiary/aromatic N) is 1. The SMILES string of the molecule is CCCNC(=O)N1CCCCC(CN)C1. The number of rotatable bonds is 3. The monoisotopic (exact) mass is 213 g/mol. The Labute approximate surface area is 92.2 Å². The number of nitrogens with two attached hydrogens (primary N) is 1. The zero-order chi connectivity index (χ0) is 11.1. The summed E-state index contributed by atoms with van der Waals surface area (Å²) >= 11 is 0. The van der Waals surface area contributed by atoms with Crippen molar-refractivity contribution in [1.82, 2.24) is 10.2 Å². The quantitative estimate of drug-likeness (QED) is 0.739. The molecule has 3 N–H and O–H groups in total. The number of hydrogen-bond acceptors (Lipinski definition) is 2. The Morgan fingerprint density at radius 3 is 3.00 bits per heavy atom. The fourth-order valence-corrected chi connectivity index (χ4v) is 1.95.